The molecule has 4 aromatic rings. The largest absolute Gasteiger partial charge is 0.337 e. The van der Waals surface area contributed by atoms with Crippen LogP contribution in [0, 0.1) is 5.82 Å². The van der Waals surface area contributed by atoms with E-state index < -0.39 is 6.04 Å². The van der Waals surface area contributed by atoms with Gasteiger partial charge in [-0.2, -0.15) is 0 Å². The summed E-state index contributed by atoms with van der Waals surface area (Å²) in [5, 5.41) is 5.95. The molecule has 1 amide bonds. The molecule has 4 rings (SSSR count). The second kappa shape index (κ2) is 8.14. The van der Waals surface area contributed by atoms with Crippen molar-refractivity contribution in [3.05, 3.63) is 94.2 Å². The molecule has 0 aliphatic rings. The first kappa shape index (κ1) is 19.3. The van der Waals surface area contributed by atoms with E-state index in [1.165, 1.54) is 23.5 Å². The average Bonchev–Trinajstić information content (AvgIpc) is 3.37. The van der Waals surface area contributed by atoms with Gasteiger partial charge in [-0.15, -0.1) is 11.3 Å². The number of carbonyl (C=O) groups excluding carboxylic acids is 1. The predicted octanol–water partition coefficient (Wildman–Crippen LogP) is 4.86. The zero-order chi connectivity index (χ0) is 20.4. The average molecular weight is 427 g/mol. The summed E-state index contributed by atoms with van der Waals surface area (Å²) in [6.45, 7) is 0. The lowest BCUT2D eigenvalue weighted by Crippen LogP contribution is -2.31. The molecule has 0 aliphatic carbocycles. The number of nitrogens with zero attached hydrogens (tertiary/aromatic N) is 3. The minimum absolute atomic E-state index is 0.294. The number of amides is 1. The first-order valence-corrected chi connectivity index (χ1v) is 10.0. The van der Waals surface area contributed by atoms with Gasteiger partial charge in [-0.3, -0.25) is 4.79 Å². The molecule has 0 unspecified atom stereocenters. The number of aryl methyl sites for hydroxylation is 1. The molecule has 1 N–H and O–H groups in total. The second-order valence-corrected chi connectivity index (χ2v) is 7.69. The SMILES string of the molecule is Cn1ccnc1[C@@H](NC(=O)c1csc(-c2ccc(F)cc2)n1)c1ccc(Cl)cc1. The molecule has 0 spiro atoms. The molecule has 8 heteroatoms. The highest BCUT2D eigenvalue weighted by atomic mass is 35.5. The lowest BCUT2D eigenvalue weighted by molar-refractivity contribution is 0.0937. The van der Waals surface area contributed by atoms with Crippen molar-refractivity contribution in [2.75, 3.05) is 0 Å². The highest BCUT2D eigenvalue weighted by Gasteiger charge is 2.23. The highest BCUT2D eigenvalue weighted by molar-refractivity contribution is 7.13. The Morgan fingerprint density at radius 3 is 2.55 bits per heavy atom. The number of hydrogen-bond donors (Lipinski definition) is 1. The third-order valence-electron chi connectivity index (χ3n) is 4.42. The summed E-state index contributed by atoms with van der Waals surface area (Å²) in [5.74, 6) is 0.0522. The molecule has 0 aliphatic heterocycles. The van der Waals surface area contributed by atoms with Crippen LogP contribution in [-0.2, 0) is 7.05 Å². The van der Waals surface area contributed by atoms with E-state index in [-0.39, 0.29) is 11.7 Å². The zero-order valence-electron chi connectivity index (χ0n) is 15.3. The number of nitrogens with one attached hydrogen (secondary N) is 1. The molecule has 5 nitrogen and oxygen atoms in total. The van der Waals surface area contributed by atoms with Gasteiger partial charge in [0.25, 0.3) is 5.91 Å². The number of halogens is 2. The highest BCUT2D eigenvalue weighted by Crippen LogP contribution is 2.26. The van der Waals surface area contributed by atoms with Crippen LogP contribution in [0.4, 0.5) is 4.39 Å². The molecular weight excluding hydrogens is 411 g/mol. The molecule has 0 bridgehead atoms. The molecule has 29 heavy (non-hydrogen) atoms. The van der Waals surface area contributed by atoms with Crippen LogP contribution in [0.5, 0.6) is 0 Å². The molecule has 2 aromatic heterocycles. The minimum Gasteiger partial charge on any atom is -0.337 e. The van der Waals surface area contributed by atoms with Crippen molar-refractivity contribution < 1.29 is 9.18 Å². The van der Waals surface area contributed by atoms with Crippen LogP contribution in [-0.4, -0.2) is 20.4 Å². The van der Waals surface area contributed by atoms with E-state index in [1.807, 2.05) is 29.9 Å². The topological polar surface area (TPSA) is 59.8 Å². The fraction of sp³-hybridized carbons (Fsp3) is 0.0952. The maximum atomic E-state index is 13.1. The van der Waals surface area contributed by atoms with Crippen LogP contribution in [0.2, 0.25) is 5.02 Å². The van der Waals surface area contributed by atoms with Gasteiger partial charge in [-0.1, -0.05) is 23.7 Å². The summed E-state index contributed by atoms with van der Waals surface area (Å²) in [7, 11) is 1.87. The molecule has 2 aromatic carbocycles. The lowest BCUT2D eigenvalue weighted by Gasteiger charge is -2.18. The Bertz CT molecular complexity index is 1140. The van der Waals surface area contributed by atoms with Gasteiger partial charge >= 0.3 is 0 Å². The fourth-order valence-electron chi connectivity index (χ4n) is 2.92. The third kappa shape index (κ3) is 4.21. The smallest absolute Gasteiger partial charge is 0.271 e. The molecule has 0 fully saturated rings. The number of carbonyl (C=O) groups is 1. The minimum atomic E-state index is -0.462. The Kier molecular flexibility index (Phi) is 5.42. The number of hydrogen-bond acceptors (Lipinski definition) is 4. The second-order valence-electron chi connectivity index (χ2n) is 6.40. The van der Waals surface area contributed by atoms with Gasteiger partial charge in [0, 0.05) is 35.4 Å². The van der Waals surface area contributed by atoms with E-state index in [9.17, 15) is 9.18 Å². The molecule has 0 radical (unpaired) electrons. The summed E-state index contributed by atoms with van der Waals surface area (Å²) in [5.41, 5.74) is 1.90. The van der Waals surface area contributed by atoms with Crippen LogP contribution in [0.15, 0.2) is 66.3 Å². The van der Waals surface area contributed by atoms with Gasteiger partial charge in [0.2, 0.25) is 0 Å². The summed E-state index contributed by atoms with van der Waals surface area (Å²) in [4.78, 5) is 21.7. The van der Waals surface area contributed by atoms with Crippen LogP contribution < -0.4 is 5.32 Å². The number of rotatable bonds is 5. The maximum Gasteiger partial charge on any atom is 0.271 e. The summed E-state index contributed by atoms with van der Waals surface area (Å²) < 4.78 is 15.0. The third-order valence-corrected chi connectivity index (χ3v) is 5.57. The zero-order valence-corrected chi connectivity index (χ0v) is 16.9. The van der Waals surface area contributed by atoms with Gasteiger partial charge in [-0.05, 0) is 42.0 Å². The number of aromatic nitrogens is 3. The lowest BCUT2D eigenvalue weighted by atomic mass is 10.1. The van der Waals surface area contributed by atoms with E-state index in [4.69, 9.17) is 11.6 Å². The van der Waals surface area contributed by atoms with Crippen LogP contribution >= 0.6 is 22.9 Å². The van der Waals surface area contributed by atoms with Gasteiger partial charge in [0.1, 0.15) is 28.4 Å². The molecular formula is C21H16ClFN4OS. The normalized spacial score (nSPS) is 12.0. The Hall–Kier alpha value is -3.03. The van der Waals surface area contributed by atoms with Crippen LogP contribution in [0.25, 0.3) is 10.6 Å². The summed E-state index contributed by atoms with van der Waals surface area (Å²) in [6.07, 6.45) is 3.50. The number of thiazole rings is 1. The van der Waals surface area contributed by atoms with Crippen LogP contribution in [0.3, 0.4) is 0 Å². The van der Waals surface area contributed by atoms with Crippen molar-refractivity contribution >= 4 is 28.8 Å². The Morgan fingerprint density at radius 1 is 1.17 bits per heavy atom. The van der Waals surface area contributed by atoms with E-state index >= 15 is 0 Å². The van der Waals surface area contributed by atoms with Crippen molar-refractivity contribution in [2.24, 2.45) is 7.05 Å². The van der Waals surface area contributed by atoms with Gasteiger partial charge in [-0.25, -0.2) is 14.4 Å². The first-order valence-electron chi connectivity index (χ1n) is 8.76. The summed E-state index contributed by atoms with van der Waals surface area (Å²) >= 11 is 7.33. The van der Waals surface area contributed by atoms with Crippen molar-refractivity contribution in [1.82, 2.24) is 19.9 Å². The van der Waals surface area contributed by atoms with Crippen molar-refractivity contribution in [1.29, 1.82) is 0 Å². The molecule has 146 valence electrons. The molecule has 0 saturated carbocycles. The maximum absolute atomic E-state index is 13.1. The van der Waals surface area contributed by atoms with Gasteiger partial charge in [0.15, 0.2) is 0 Å². The Morgan fingerprint density at radius 2 is 1.90 bits per heavy atom. The van der Waals surface area contributed by atoms with E-state index in [2.05, 4.69) is 15.3 Å². The first-order chi connectivity index (χ1) is 14.0. The predicted molar refractivity (Wildman–Crippen MR) is 111 cm³/mol. The monoisotopic (exact) mass is 426 g/mol. The van der Waals surface area contributed by atoms with Crippen molar-refractivity contribution in [3.8, 4) is 10.6 Å². The Balaban J connectivity index is 1.61. The molecule has 2 heterocycles. The quantitative estimate of drug-likeness (QED) is 0.496. The molecule has 1 atom stereocenters. The van der Waals surface area contributed by atoms with Crippen LogP contribution in [0.1, 0.15) is 27.9 Å². The fourth-order valence-corrected chi connectivity index (χ4v) is 3.85. The van der Waals surface area contributed by atoms with E-state index in [1.54, 1.807) is 35.8 Å². The van der Waals surface area contributed by atoms with Crippen molar-refractivity contribution in [2.45, 2.75) is 6.04 Å². The summed E-state index contributed by atoms with van der Waals surface area (Å²) in [6, 6.07) is 12.8. The van der Waals surface area contributed by atoms with Gasteiger partial charge in [0.05, 0.1) is 0 Å². The van der Waals surface area contributed by atoms with E-state index in [0.29, 0.717) is 21.5 Å². The van der Waals surface area contributed by atoms with Crippen molar-refractivity contribution in [3.63, 3.8) is 0 Å². The Labute approximate surface area is 175 Å². The number of benzene rings is 2. The van der Waals surface area contributed by atoms with E-state index in [0.717, 1.165) is 11.1 Å². The molecule has 0 saturated heterocycles. The van der Waals surface area contributed by atoms with Gasteiger partial charge < -0.3 is 9.88 Å². The number of imidazole rings is 1. The standard InChI is InChI=1S/C21H16ClFN4OS/c1-27-11-10-24-19(27)18(13-2-6-15(22)7-3-13)26-20(28)17-12-29-21(25-17)14-4-8-16(23)9-5-14/h2-12,18H,1H3,(H,26,28)/t18-/m0/s1.